The number of carbonyl (C=O) groups is 2. The van der Waals surface area contributed by atoms with Crippen molar-refractivity contribution < 1.29 is 14.3 Å². The van der Waals surface area contributed by atoms with Crippen molar-refractivity contribution in [3.05, 3.63) is 69.9 Å². The monoisotopic (exact) mass is 409 g/mol. The molecule has 4 rings (SSSR count). The minimum absolute atomic E-state index is 0.0824. The Morgan fingerprint density at radius 3 is 2.59 bits per heavy atom. The fourth-order valence-electron chi connectivity index (χ4n) is 3.63. The van der Waals surface area contributed by atoms with E-state index in [-0.39, 0.29) is 18.1 Å². The molecule has 1 aliphatic rings. The molecule has 0 unspecified atom stereocenters. The molecule has 2 aromatic carbocycles. The lowest BCUT2D eigenvalue weighted by molar-refractivity contribution is -0.116. The van der Waals surface area contributed by atoms with Crippen molar-refractivity contribution in [2.75, 3.05) is 12.4 Å². The van der Waals surface area contributed by atoms with Gasteiger partial charge in [-0.2, -0.15) is 5.10 Å². The summed E-state index contributed by atoms with van der Waals surface area (Å²) in [5.41, 5.74) is 3.64. The molecular weight excluding hydrogens is 390 g/mol. The van der Waals surface area contributed by atoms with Crippen LogP contribution in [-0.4, -0.2) is 28.6 Å². The number of fused-ring (bicyclic) bond motifs is 1. The van der Waals surface area contributed by atoms with E-state index in [0.717, 1.165) is 16.8 Å². The Morgan fingerprint density at radius 1 is 1.21 bits per heavy atom. The van der Waals surface area contributed by atoms with Crippen LogP contribution in [0.15, 0.2) is 42.5 Å². The van der Waals surface area contributed by atoms with Crippen LogP contribution in [-0.2, 0) is 4.79 Å². The number of hydrogen-bond donors (Lipinski definition) is 1. The average Bonchev–Trinajstić information content (AvgIpc) is 3.05. The molecule has 0 fully saturated rings. The first-order chi connectivity index (χ1) is 13.9. The standard InChI is InChI=1S/C22H20ClN3O3/c1-12-4-7-15(10-18(12)23)26-22-20(13(2)25-26)17(11-19(27)24-22)21(28)14-5-8-16(29-3)9-6-14/h4-10,17H,11H2,1-3H3,(H,24,27)/t17-/m0/s1. The van der Waals surface area contributed by atoms with E-state index in [1.165, 1.54) is 0 Å². The van der Waals surface area contributed by atoms with Gasteiger partial charge in [0.25, 0.3) is 0 Å². The summed E-state index contributed by atoms with van der Waals surface area (Å²) >= 11 is 6.27. The topological polar surface area (TPSA) is 73.2 Å². The summed E-state index contributed by atoms with van der Waals surface area (Å²) in [6.07, 6.45) is 0.0824. The van der Waals surface area contributed by atoms with E-state index in [1.54, 1.807) is 42.1 Å². The summed E-state index contributed by atoms with van der Waals surface area (Å²) in [6, 6.07) is 12.5. The Kier molecular flexibility index (Phi) is 4.88. The molecule has 2 heterocycles. The number of aromatic nitrogens is 2. The summed E-state index contributed by atoms with van der Waals surface area (Å²) in [4.78, 5) is 25.7. The van der Waals surface area contributed by atoms with Gasteiger partial charge >= 0.3 is 0 Å². The number of anilines is 1. The smallest absolute Gasteiger partial charge is 0.226 e. The molecule has 0 bridgehead atoms. The first kappa shape index (κ1) is 19.2. The Morgan fingerprint density at radius 2 is 1.93 bits per heavy atom. The molecular formula is C22H20ClN3O3. The predicted molar refractivity (Wildman–Crippen MR) is 111 cm³/mol. The lowest BCUT2D eigenvalue weighted by Gasteiger charge is -2.23. The van der Waals surface area contributed by atoms with Crippen molar-refractivity contribution in [3.63, 3.8) is 0 Å². The molecule has 0 saturated carbocycles. The van der Waals surface area contributed by atoms with Crippen molar-refractivity contribution in [2.45, 2.75) is 26.2 Å². The van der Waals surface area contributed by atoms with Gasteiger partial charge in [0.2, 0.25) is 5.91 Å². The highest BCUT2D eigenvalue weighted by Gasteiger charge is 2.36. The van der Waals surface area contributed by atoms with E-state index in [2.05, 4.69) is 10.4 Å². The van der Waals surface area contributed by atoms with Crippen molar-refractivity contribution >= 4 is 29.1 Å². The largest absolute Gasteiger partial charge is 0.497 e. The number of carbonyl (C=O) groups excluding carboxylic acids is 2. The van der Waals surface area contributed by atoms with E-state index in [1.807, 2.05) is 26.0 Å². The number of methoxy groups -OCH3 is 1. The molecule has 1 atom stereocenters. The minimum atomic E-state index is -0.596. The van der Waals surface area contributed by atoms with E-state index >= 15 is 0 Å². The molecule has 29 heavy (non-hydrogen) atoms. The van der Waals surface area contributed by atoms with E-state index in [4.69, 9.17) is 16.3 Å². The van der Waals surface area contributed by atoms with Crippen molar-refractivity contribution in [2.24, 2.45) is 0 Å². The van der Waals surface area contributed by atoms with Crippen LogP contribution < -0.4 is 10.1 Å². The van der Waals surface area contributed by atoms with Crippen LogP contribution in [0.4, 0.5) is 5.82 Å². The highest BCUT2D eigenvalue weighted by atomic mass is 35.5. The lowest BCUT2D eigenvalue weighted by atomic mass is 9.85. The minimum Gasteiger partial charge on any atom is -0.497 e. The molecule has 0 radical (unpaired) electrons. The molecule has 1 aromatic heterocycles. The molecule has 148 valence electrons. The zero-order chi connectivity index (χ0) is 20.7. The molecule has 1 N–H and O–H groups in total. The van der Waals surface area contributed by atoms with Gasteiger partial charge in [-0.15, -0.1) is 0 Å². The number of ether oxygens (including phenoxy) is 1. The summed E-state index contributed by atoms with van der Waals surface area (Å²) in [5, 5.41) is 8.08. The molecule has 0 saturated heterocycles. The van der Waals surface area contributed by atoms with Crippen LogP contribution in [0, 0.1) is 13.8 Å². The second kappa shape index (κ2) is 7.37. The fourth-order valence-corrected chi connectivity index (χ4v) is 3.80. The Labute approximate surface area is 173 Å². The Balaban J connectivity index is 1.78. The van der Waals surface area contributed by atoms with Gasteiger partial charge in [0, 0.05) is 22.6 Å². The third-order valence-electron chi connectivity index (χ3n) is 5.19. The van der Waals surface area contributed by atoms with Crippen LogP contribution >= 0.6 is 11.6 Å². The van der Waals surface area contributed by atoms with Gasteiger partial charge in [-0.1, -0.05) is 17.7 Å². The molecule has 1 aliphatic heterocycles. The van der Waals surface area contributed by atoms with Gasteiger partial charge in [-0.25, -0.2) is 4.68 Å². The summed E-state index contributed by atoms with van der Waals surface area (Å²) < 4.78 is 6.80. The SMILES string of the molecule is COc1ccc(C(=O)[C@H]2CC(=O)Nc3c2c(C)nn3-c2ccc(C)c(Cl)c2)cc1. The van der Waals surface area contributed by atoms with Crippen molar-refractivity contribution in [1.82, 2.24) is 9.78 Å². The number of nitrogens with one attached hydrogen (secondary N) is 1. The molecule has 0 aliphatic carbocycles. The number of rotatable bonds is 4. The molecule has 1 amide bonds. The van der Waals surface area contributed by atoms with Crippen LogP contribution in [0.1, 0.15) is 39.5 Å². The predicted octanol–water partition coefficient (Wildman–Crippen LogP) is 4.46. The van der Waals surface area contributed by atoms with Gasteiger partial charge in [0.05, 0.1) is 24.4 Å². The molecule has 3 aromatic rings. The van der Waals surface area contributed by atoms with E-state index in [0.29, 0.717) is 27.8 Å². The van der Waals surface area contributed by atoms with Crippen molar-refractivity contribution in [3.8, 4) is 11.4 Å². The number of Topliss-reactive ketones (excluding diaryl/α,β-unsaturated/α-hetero) is 1. The maximum Gasteiger partial charge on any atom is 0.226 e. The average molecular weight is 410 g/mol. The molecule has 7 heteroatoms. The van der Waals surface area contributed by atoms with Gasteiger partial charge in [0.1, 0.15) is 11.6 Å². The number of ketones is 1. The maximum atomic E-state index is 13.2. The van der Waals surface area contributed by atoms with Gasteiger partial charge < -0.3 is 10.1 Å². The lowest BCUT2D eigenvalue weighted by Crippen LogP contribution is -2.28. The summed E-state index contributed by atoms with van der Waals surface area (Å²) in [5.74, 6) is 0.258. The fraction of sp³-hybridized carbons (Fsp3) is 0.227. The normalized spacial score (nSPS) is 15.6. The Bertz CT molecular complexity index is 1120. The number of nitrogens with zero attached hydrogens (tertiary/aromatic N) is 2. The first-order valence-electron chi connectivity index (χ1n) is 9.23. The van der Waals surface area contributed by atoms with Crippen molar-refractivity contribution in [1.29, 1.82) is 0 Å². The first-order valence-corrected chi connectivity index (χ1v) is 9.61. The number of benzene rings is 2. The third kappa shape index (κ3) is 3.40. The van der Waals surface area contributed by atoms with Crippen LogP contribution in [0.5, 0.6) is 5.75 Å². The number of aryl methyl sites for hydroxylation is 2. The second-order valence-electron chi connectivity index (χ2n) is 7.09. The highest BCUT2D eigenvalue weighted by Crippen LogP contribution is 2.38. The Hall–Kier alpha value is -3.12. The van der Waals surface area contributed by atoms with Crippen LogP contribution in [0.2, 0.25) is 5.02 Å². The summed E-state index contributed by atoms with van der Waals surface area (Å²) in [7, 11) is 1.57. The maximum absolute atomic E-state index is 13.2. The van der Waals surface area contributed by atoms with Crippen LogP contribution in [0.3, 0.4) is 0 Å². The second-order valence-corrected chi connectivity index (χ2v) is 7.50. The zero-order valence-electron chi connectivity index (χ0n) is 16.3. The zero-order valence-corrected chi connectivity index (χ0v) is 17.1. The molecule has 0 spiro atoms. The van der Waals surface area contributed by atoms with E-state index < -0.39 is 5.92 Å². The van der Waals surface area contributed by atoms with Crippen LogP contribution in [0.25, 0.3) is 5.69 Å². The molecule has 6 nitrogen and oxygen atoms in total. The van der Waals surface area contributed by atoms with Gasteiger partial charge in [0.15, 0.2) is 5.78 Å². The summed E-state index contributed by atoms with van der Waals surface area (Å²) in [6.45, 7) is 3.76. The van der Waals surface area contributed by atoms with Gasteiger partial charge in [-0.05, 0) is 55.8 Å². The van der Waals surface area contributed by atoms with Gasteiger partial charge in [-0.3, -0.25) is 9.59 Å². The number of amides is 1. The number of hydrogen-bond acceptors (Lipinski definition) is 4. The number of halogens is 1. The quantitative estimate of drug-likeness (QED) is 0.645. The third-order valence-corrected chi connectivity index (χ3v) is 5.60. The highest BCUT2D eigenvalue weighted by molar-refractivity contribution is 6.31. The van der Waals surface area contributed by atoms with E-state index in [9.17, 15) is 9.59 Å².